The molecule has 1 N–H and O–H groups in total. The van der Waals surface area contributed by atoms with Crippen LogP contribution in [-0.2, 0) is 6.54 Å². The third-order valence-electron chi connectivity index (χ3n) is 4.82. The van der Waals surface area contributed by atoms with Gasteiger partial charge in [-0.25, -0.2) is 0 Å². The molecule has 2 rings (SSSR count). The van der Waals surface area contributed by atoms with Crippen molar-refractivity contribution in [1.82, 2.24) is 10.2 Å². The maximum absolute atomic E-state index is 5.56. The van der Waals surface area contributed by atoms with Crippen LogP contribution >= 0.6 is 0 Å². The third-order valence-corrected chi connectivity index (χ3v) is 4.82. The van der Waals surface area contributed by atoms with Crippen molar-refractivity contribution in [2.45, 2.75) is 45.7 Å². The Morgan fingerprint density at radius 2 is 2.14 bits per heavy atom. The van der Waals surface area contributed by atoms with Gasteiger partial charge in [0.2, 0.25) is 0 Å². The summed E-state index contributed by atoms with van der Waals surface area (Å²) in [5, 5.41) is 3.31. The number of hydrogen-bond donors (Lipinski definition) is 1. The van der Waals surface area contributed by atoms with E-state index in [0.29, 0.717) is 6.04 Å². The summed E-state index contributed by atoms with van der Waals surface area (Å²) in [6, 6.07) is 6.93. The number of methoxy groups -OCH3 is 1. The lowest BCUT2D eigenvalue weighted by Crippen LogP contribution is -2.32. The molecule has 0 aromatic heterocycles. The molecule has 3 nitrogen and oxygen atoms in total. The molecule has 1 aliphatic carbocycles. The molecule has 0 heterocycles. The van der Waals surface area contributed by atoms with Crippen LogP contribution in [0.1, 0.15) is 50.3 Å². The first kappa shape index (κ1) is 16.3. The summed E-state index contributed by atoms with van der Waals surface area (Å²) in [4.78, 5) is 2.55. The van der Waals surface area contributed by atoms with E-state index in [1.165, 1.54) is 36.9 Å². The van der Waals surface area contributed by atoms with Crippen LogP contribution in [0.3, 0.4) is 0 Å². The molecule has 1 fully saturated rings. The summed E-state index contributed by atoms with van der Waals surface area (Å²) in [5.41, 5.74) is 2.63. The van der Waals surface area contributed by atoms with E-state index in [4.69, 9.17) is 4.74 Å². The van der Waals surface area contributed by atoms with Gasteiger partial charge >= 0.3 is 0 Å². The number of benzene rings is 1. The van der Waals surface area contributed by atoms with Gasteiger partial charge in [-0.1, -0.05) is 19.4 Å². The molecule has 1 unspecified atom stereocenters. The maximum atomic E-state index is 5.56. The van der Waals surface area contributed by atoms with Crippen molar-refractivity contribution in [3.8, 4) is 5.75 Å². The Hall–Kier alpha value is -1.06. The molecule has 1 atom stereocenters. The summed E-state index contributed by atoms with van der Waals surface area (Å²) in [5.74, 6) is 1.92. The highest BCUT2D eigenvalue weighted by Gasteiger charge is 2.21. The fourth-order valence-electron chi connectivity index (χ4n) is 2.94. The SMILES string of the molecule is CCN(Cc1cc(C(C)NC)ccc1OC)CC1CCC1. The van der Waals surface area contributed by atoms with Crippen LogP contribution in [0.25, 0.3) is 0 Å². The molecule has 1 aromatic carbocycles. The number of hydrogen-bond acceptors (Lipinski definition) is 3. The van der Waals surface area contributed by atoms with E-state index in [1.54, 1.807) is 7.11 Å². The van der Waals surface area contributed by atoms with E-state index in [-0.39, 0.29) is 0 Å². The summed E-state index contributed by atoms with van der Waals surface area (Å²) in [6.45, 7) is 7.76. The van der Waals surface area contributed by atoms with E-state index in [9.17, 15) is 0 Å². The van der Waals surface area contributed by atoms with Crippen molar-refractivity contribution >= 4 is 0 Å². The zero-order valence-corrected chi connectivity index (χ0v) is 14.0. The van der Waals surface area contributed by atoms with Gasteiger partial charge in [-0.2, -0.15) is 0 Å². The zero-order valence-electron chi connectivity index (χ0n) is 14.0. The first-order chi connectivity index (χ1) is 10.2. The van der Waals surface area contributed by atoms with Crippen LogP contribution in [-0.4, -0.2) is 32.1 Å². The van der Waals surface area contributed by atoms with Crippen LogP contribution in [0.4, 0.5) is 0 Å². The molecular formula is C18H30N2O. The molecule has 0 amide bonds. The van der Waals surface area contributed by atoms with Gasteiger partial charge in [-0.3, -0.25) is 4.90 Å². The standard InChI is InChI=1S/C18H30N2O/c1-5-20(12-15-7-6-8-15)13-17-11-16(14(2)19-3)9-10-18(17)21-4/h9-11,14-15,19H,5-8,12-13H2,1-4H3. The fourth-order valence-corrected chi connectivity index (χ4v) is 2.94. The highest BCUT2D eigenvalue weighted by atomic mass is 16.5. The molecule has 118 valence electrons. The average Bonchev–Trinajstić information content (AvgIpc) is 2.48. The molecule has 0 spiro atoms. The second-order valence-electron chi connectivity index (χ2n) is 6.21. The Kier molecular flexibility index (Phi) is 6.07. The number of ether oxygens (including phenoxy) is 1. The lowest BCUT2D eigenvalue weighted by molar-refractivity contribution is 0.177. The minimum absolute atomic E-state index is 0.372. The molecular weight excluding hydrogens is 260 g/mol. The van der Waals surface area contributed by atoms with Gasteiger partial charge in [0.25, 0.3) is 0 Å². The predicted molar refractivity (Wildman–Crippen MR) is 88.8 cm³/mol. The van der Waals surface area contributed by atoms with Gasteiger partial charge in [0, 0.05) is 24.7 Å². The Morgan fingerprint density at radius 3 is 2.67 bits per heavy atom. The number of nitrogens with one attached hydrogen (secondary N) is 1. The molecule has 0 saturated heterocycles. The van der Waals surface area contributed by atoms with Gasteiger partial charge in [0.1, 0.15) is 5.75 Å². The molecule has 1 aromatic rings. The van der Waals surface area contributed by atoms with E-state index in [0.717, 1.165) is 24.8 Å². The number of nitrogens with zero attached hydrogens (tertiary/aromatic N) is 1. The first-order valence-electron chi connectivity index (χ1n) is 8.24. The predicted octanol–water partition coefficient (Wildman–Crippen LogP) is 3.60. The quantitative estimate of drug-likeness (QED) is 0.792. The Bertz CT molecular complexity index is 443. The van der Waals surface area contributed by atoms with Crippen molar-refractivity contribution in [1.29, 1.82) is 0 Å². The fraction of sp³-hybridized carbons (Fsp3) is 0.667. The summed E-state index contributed by atoms with van der Waals surface area (Å²) in [6.07, 6.45) is 4.23. The van der Waals surface area contributed by atoms with E-state index in [1.807, 2.05) is 7.05 Å². The van der Waals surface area contributed by atoms with Gasteiger partial charge in [0.15, 0.2) is 0 Å². The van der Waals surface area contributed by atoms with Gasteiger partial charge in [-0.05, 0) is 57.0 Å². The molecule has 1 aliphatic rings. The number of rotatable bonds is 8. The highest BCUT2D eigenvalue weighted by Crippen LogP contribution is 2.29. The van der Waals surface area contributed by atoms with E-state index >= 15 is 0 Å². The van der Waals surface area contributed by atoms with Crippen molar-refractivity contribution in [3.63, 3.8) is 0 Å². The largest absolute Gasteiger partial charge is 0.496 e. The average molecular weight is 290 g/mol. The monoisotopic (exact) mass is 290 g/mol. The van der Waals surface area contributed by atoms with Crippen molar-refractivity contribution in [3.05, 3.63) is 29.3 Å². The second-order valence-corrected chi connectivity index (χ2v) is 6.21. The summed E-state index contributed by atoms with van der Waals surface area (Å²) >= 11 is 0. The molecule has 0 radical (unpaired) electrons. The lowest BCUT2D eigenvalue weighted by Gasteiger charge is -2.32. The van der Waals surface area contributed by atoms with Gasteiger partial charge < -0.3 is 10.1 Å². The first-order valence-corrected chi connectivity index (χ1v) is 8.24. The molecule has 21 heavy (non-hydrogen) atoms. The minimum atomic E-state index is 0.372. The zero-order chi connectivity index (χ0) is 15.2. The van der Waals surface area contributed by atoms with Crippen molar-refractivity contribution in [2.75, 3.05) is 27.2 Å². The molecule has 3 heteroatoms. The van der Waals surface area contributed by atoms with Crippen molar-refractivity contribution in [2.24, 2.45) is 5.92 Å². The Balaban J connectivity index is 2.10. The third kappa shape index (κ3) is 4.21. The summed E-state index contributed by atoms with van der Waals surface area (Å²) < 4.78 is 5.56. The molecule has 1 saturated carbocycles. The van der Waals surface area contributed by atoms with Crippen LogP contribution in [0.2, 0.25) is 0 Å². The Labute approximate surface area is 129 Å². The minimum Gasteiger partial charge on any atom is -0.496 e. The Morgan fingerprint density at radius 1 is 1.38 bits per heavy atom. The smallest absolute Gasteiger partial charge is 0.123 e. The normalized spacial score (nSPS) is 16.8. The van der Waals surface area contributed by atoms with Gasteiger partial charge in [0.05, 0.1) is 7.11 Å². The molecule has 0 aliphatic heterocycles. The van der Waals surface area contributed by atoms with E-state index in [2.05, 4.69) is 42.3 Å². The van der Waals surface area contributed by atoms with Crippen molar-refractivity contribution < 1.29 is 4.74 Å². The van der Waals surface area contributed by atoms with Crippen LogP contribution in [0, 0.1) is 5.92 Å². The summed E-state index contributed by atoms with van der Waals surface area (Å²) in [7, 11) is 3.77. The highest BCUT2D eigenvalue weighted by molar-refractivity contribution is 5.38. The van der Waals surface area contributed by atoms with Crippen LogP contribution < -0.4 is 10.1 Å². The van der Waals surface area contributed by atoms with Crippen LogP contribution in [0.5, 0.6) is 5.75 Å². The molecule has 0 bridgehead atoms. The van der Waals surface area contributed by atoms with E-state index < -0.39 is 0 Å². The van der Waals surface area contributed by atoms with Gasteiger partial charge in [-0.15, -0.1) is 0 Å². The van der Waals surface area contributed by atoms with Crippen LogP contribution in [0.15, 0.2) is 18.2 Å². The second kappa shape index (κ2) is 7.81. The topological polar surface area (TPSA) is 24.5 Å². The maximum Gasteiger partial charge on any atom is 0.123 e. The lowest BCUT2D eigenvalue weighted by atomic mass is 9.85.